The van der Waals surface area contributed by atoms with Gasteiger partial charge < -0.3 is 15.2 Å². The molecule has 0 spiro atoms. The molecular weight excluding hydrogens is 274 g/mol. The van der Waals surface area contributed by atoms with E-state index in [0.29, 0.717) is 13.0 Å². The van der Waals surface area contributed by atoms with Crippen LogP contribution in [-0.2, 0) is 20.8 Å². The number of nitrogens with zero attached hydrogens (tertiary/aromatic N) is 2. The number of carbonyl (C=O) groups is 1. The molecule has 0 bridgehead atoms. The molecule has 0 amide bonds. The van der Waals surface area contributed by atoms with E-state index in [0.717, 1.165) is 0 Å². The van der Waals surface area contributed by atoms with Crippen LogP contribution in [-0.4, -0.2) is 28.2 Å². The minimum absolute atomic E-state index is 0.0400. The predicted molar refractivity (Wildman–Crippen MR) is 77.0 cm³/mol. The number of nitrogen functional groups attached to an aromatic ring is 1. The Kier molecular flexibility index (Phi) is 6.27. The molecule has 0 fully saturated rings. The molecule has 2 N–H and O–H groups in total. The van der Waals surface area contributed by atoms with Gasteiger partial charge in [0.15, 0.2) is 0 Å². The van der Waals surface area contributed by atoms with E-state index in [9.17, 15) is 9.59 Å². The van der Waals surface area contributed by atoms with Gasteiger partial charge in [-0.3, -0.25) is 9.36 Å². The second-order valence-corrected chi connectivity index (χ2v) is 4.76. The van der Waals surface area contributed by atoms with Crippen molar-refractivity contribution in [2.24, 2.45) is 5.92 Å². The van der Waals surface area contributed by atoms with Crippen molar-refractivity contribution >= 4 is 11.8 Å². The molecule has 1 aromatic rings. The SMILES string of the molecule is C#COC(CCn1ccc(N)nc1=O)COC(=O)C(C)C. The molecule has 0 saturated heterocycles. The van der Waals surface area contributed by atoms with Crippen LogP contribution in [0.1, 0.15) is 20.3 Å². The molecule has 0 aliphatic carbocycles. The molecule has 0 radical (unpaired) electrons. The molecule has 1 unspecified atom stereocenters. The molecule has 1 aromatic heterocycles. The molecule has 21 heavy (non-hydrogen) atoms. The van der Waals surface area contributed by atoms with Crippen molar-refractivity contribution in [2.75, 3.05) is 12.3 Å². The van der Waals surface area contributed by atoms with Crippen molar-refractivity contribution < 1.29 is 14.3 Å². The van der Waals surface area contributed by atoms with E-state index in [-0.39, 0.29) is 24.3 Å². The van der Waals surface area contributed by atoms with Crippen LogP contribution in [0.2, 0.25) is 0 Å². The van der Waals surface area contributed by atoms with Gasteiger partial charge in [0, 0.05) is 19.2 Å². The summed E-state index contributed by atoms with van der Waals surface area (Å²) < 4.78 is 11.5. The average molecular weight is 293 g/mol. The summed E-state index contributed by atoms with van der Waals surface area (Å²) in [6, 6.07) is 1.53. The molecule has 0 saturated carbocycles. The molecular formula is C14H19N3O4. The van der Waals surface area contributed by atoms with Crippen LogP contribution >= 0.6 is 0 Å². The van der Waals surface area contributed by atoms with Crippen LogP contribution in [0, 0.1) is 18.4 Å². The van der Waals surface area contributed by atoms with Gasteiger partial charge in [0.2, 0.25) is 0 Å². The summed E-state index contributed by atoms with van der Waals surface area (Å²) in [7, 11) is 0. The number of carbonyl (C=O) groups excluding carboxylic acids is 1. The molecule has 1 rings (SSSR count). The largest absolute Gasteiger partial charge is 0.461 e. The van der Waals surface area contributed by atoms with Gasteiger partial charge in [-0.1, -0.05) is 20.3 Å². The monoisotopic (exact) mass is 293 g/mol. The first-order valence-corrected chi connectivity index (χ1v) is 6.55. The molecule has 0 aromatic carbocycles. The first kappa shape index (κ1) is 16.6. The maximum Gasteiger partial charge on any atom is 0.349 e. The maximum atomic E-state index is 11.6. The highest BCUT2D eigenvalue weighted by Gasteiger charge is 2.15. The first-order chi connectivity index (χ1) is 9.93. The van der Waals surface area contributed by atoms with Gasteiger partial charge in [0.05, 0.1) is 5.92 Å². The number of ether oxygens (including phenoxy) is 2. The van der Waals surface area contributed by atoms with Crippen LogP contribution in [0.5, 0.6) is 0 Å². The van der Waals surface area contributed by atoms with E-state index in [1.807, 2.05) is 0 Å². The number of esters is 1. The third kappa shape index (κ3) is 5.57. The van der Waals surface area contributed by atoms with Crippen molar-refractivity contribution in [3.63, 3.8) is 0 Å². The fourth-order valence-electron chi connectivity index (χ4n) is 1.51. The highest BCUT2D eigenvalue weighted by atomic mass is 16.6. The van der Waals surface area contributed by atoms with Gasteiger partial charge in [-0.15, -0.1) is 0 Å². The number of aromatic nitrogens is 2. The second-order valence-electron chi connectivity index (χ2n) is 4.76. The van der Waals surface area contributed by atoms with E-state index in [1.165, 1.54) is 16.8 Å². The Morgan fingerprint density at radius 1 is 1.57 bits per heavy atom. The summed E-state index contributed by atoms with van der Waals surface area (Å²) in [4.78, 5) is 26.6. The van der Waals surface area contributed by atoms with Crippen LogP contribution in [0.3, 0.4) is 0 Å². The van der Waals surface area contributed by atoms with Crippen molar-refractivity contribution in [1.29, 1.82) is 0 Å². The molecule has 7 nitrogen and oxygen atoms in total. The zero-order valence-corrected chi connectivity index (χ0v) is 12.1. The van der Waals surface area contributed by atoms with Crippen molar-refractivity contribution in [3.05, 3.63) is 22.7 Å². The lowest BCUT2D eigenvalue weighted by Crippen LogP contribution is -2.28. The van der Waals surface area contributed by atoms with E-state index < -0.39 is 11.8 Å². The normalized spacial score (nSPS) is 11.7. The lowest BCUT2D eigenvalue weighted by atomic mass is 10.2. The van der Waals surface area contributed by atoms with Gasteiger partial charge in [-0.2, -0.15) is 4.98 Å². The zero-order valence-electron chi connectivity index (χ0n) is 12.1. The summed E-state index contributed by atoms with van der Waals surface area (Å²) >= 11 is 0. The fourth-order valence-corrected chi connectivity index (χ4v) is 1.51. The van der Waals surface area contributed by atoms with Crippen molar-refractivity contribution in [1.82, 2.24) is 9.55 Å². The summed E-state index contributed by atoms with van der Waals surface area (Å²) in [6.45, 7) is 3.84. The Hall–Kier alpha value is -2.49. The molecule has 7 heteroatoms. The van der Waals surface area contributed by atoms with Crippen LogP contribution in [0.15, 0.2) is 17.1 Å². The maximum absolute atomic E-state index is 11.6. The molecule has 1 heterocycles. The van der Waals surface area contributed by atoms with Crippen molar-refractivity contribution in [2.45, 2.75) is 32.9 Å². The molecule has 1 atom stereocenters. The van der Waals surface area contributed by atoms with Crippen LogP contribution in [0.4, 0.5) is 5.82 Å². The van der Waals surface area contributed by atoms with Gasteiger partial charge in [-0.05, 0) is 6.07 Å². The highest BCUT2D eigenvalue weighted by Crippen LogP contribution is 2.04. The molecule has 0 aliphatic rings. The lowest BCUT2D eigenvalue weighted by Gasteiger charge is -2.16. The minimum Gasteiger partial charge on any atom is -0.461 e. The summed E-state index contributed by atoms with van der Waals surface area (Å²) in [5.41, 5.74) is 4.96. The molecule has 0 aliphatic heterocycles. The van der Waals surface area contributed by atoms with Gasteiger partial charge >= 0.3 is 11.7 Å². The zero-order chi connectivity index (χ0) is 15.8. The Morgan fingerprint density at radius 2 is 2.29 bits per heavy atom. The van der Waals surface area contributed by atoms with E-state index in [2.05, 4.69) is 11.1 Å². The smallest absolute Gasteiger partial charge is 0.349 e. The van der Waals surface area contributed by atoms with Gasteiger partial charge in [-0.25, -0.2) is 4.79 Å². The van der Waals surface area contributed by atoms with Crippen LogP contribution in [0.25, 0.3) is 0 Å². The van der Waals surface area contributed by atoms with Crippen LogP contribution < -0.4 is 11.4 Å². The highest BCUT2D eigenvalue weighted by molar-refractivity contribution is 5.71. The Balaban J connectivity index is 2.56. The predicted octanol–water partition coefficient (Wildman–Crippen LogP) is 0.391. The quantitative estimate of drug-likeness (QED) is 0.577. The number of aryl methyl sites for hydroxylation is 1. The number of hydrogen-bond donors (Lipinski definition) is 1. The number of hydrogen-bond acceptors (Lipinski definition) is 6. The lowest BCUT2D eigenvalue weighted by molar-refractivity contribution is -0.150. The first-order valence-electron chi connectivity index (χ1n) is 6.55. The Bertz CT molecular complexity index is 574. The Labute approximate surface area is 123 Å². The topological polar surface area (TPSA) is 96.4 Å². The van der Waals surface area contributed by atoms with E-state index >= 15 is 0 Å². The number of terminal acetylenes is 1. The number of rotatable bonds is 7. The molecule has 114 valence electrons. The summed E-state index contributed by atoms with van der Waals surface area (Å²) in [6.07, 6.45) is 8.63. The average Bonchev–Trinajstić information content (AvgIpc) is 2.42. The standard InChI is InChI=1S/C14H19N3O4/c1-4-20-11(9-21-13(18)10(2)3)5-7-17-8-6-12(15)16-14(17)19/h1,6,8,10-11H,5,7,9H2,2-3H3,(H2,15,16,19). The Morgan fingerprint density at radius 3 is 2.86 bits per heavy atom. The third-order valence-corrected chi connectivity index (χ3v) is 2.71. The van der Waals surface area contributed by atoms with E-state index in [1.54, 1.807) is 13.8 Å². The summed E-state index contributed by atoms with van der Waals surface area (Å²) in [5.74, 6) is -0.383. The fraction of sp³-hybridized carbons (Fsp3) is 0.500. The minimum atomic E-state index is -0.484. The van der Waals surface area contributed by atoms with Crippen molar-refractivity contribution in [3.8, 4) is 12.5 Å². The van der Waals surface area contributed by atoms with Gasteiger partial charge in [0.1, 0.15) is 24.6 Å². The third-order valence-electron chi connectivity index (χ3n) is 2.71. The summed E-state index contributed by atoms with van der Waals surface area (Å²) in [5, 5.41) is 0. The number of anilines is 1. The number of nitrogens with two attached hydrogens (primary N) is 1. The van der Waals surface area contributed by atoms with E-state index in [4.69, 9.17) is 21.6 Å². The van der Waals surface area contributed by atoms with Gasteiger partial charge in [0.25, 0.3) is 0 Å². The second kappa shape index (κ2) is 7.94.